The van der Waals surface area contributed by atoms with Gasteiger partial charge in [0.05, 0.1) is 21.0 Å². The summed E-state index contributed by atoms with van der Waals surface area (Å²) in [7, 11) is 0. The van der Waals surface area contributed by atoms with Gasteiger partial charge in [0.25, 0.3) is 11.4 Å². The topological polar surface area (TPSA) is 174 Å². The molecule has 0 radical (unpaired) electrons. The van der Waals surface area contributed by atoms with Crippen LogP contribution in [0.3, 0.4) is 0 Å². The molecule has 0 bridgehead atoms. The Balaban J connectivity index is 2.00. The summed E-state index contributed by atoms with van der Waals surface area (Å²) >= 11 is 2.46. The van der Waals surface area contributed by atoms with Gasteiger partial charge in [0.2, 0.25) is 0 Å². The molecule has 0 amide bonds. The van der Waals surface area contributed by atoms with Gasteiger partial charge in [-0.1, -0.05) is 0 Å². The second-order valence-corrected chi connectivity index (χ2v) is 10.9. The highest BCUT2D eigenvalue weighted by molar-refractivity contribution is 8.17. The molecule has 15 heteroatoms. The van der Waals surface area contributed by atoms with E-state index in [1.807, 2.05) is 0 Å². The Hall–Kier alpha value is -3.69. The summed E-state index contributed by atoms with van der Waals surface area (Å²) in [6.07, 6.45) is -4.39. The zero-order chi connectivity index (χ0) is 28.7. The Morgan fingerprint density at radius 1 is 0.769 bits per heavy atom. The van der Waals surface area contributed by atoms with Crippen LogP contribution in [-0.2, 0) is 33.3 Å². The Morgan fingerprint density at radius 2 is 1.18 bits per heavy atom. The zero-order valence-corrected chi connectivity index (χ0v) is 22.5. The van der Waals surface area contributed by atoms with Crippen LogP contribution in [-0.4, -0.2) is 63.4 Å². The van der Waals surface area contributed by atoms with Crippen molar-refractivity contribution in [1.82, 2.24) is 0 Å². The van der Waals surface area contributed by atoms with E-state index >= 15 is 0 Å². The summed E-state index contributed by atoms with van der Waals surface area (Å²) in [6.45, 7) is 3.32. The second-order valence-electron chi connectivity index (χ2n) is 8.20. The summed E-state index contributed by atoms with van der Waals surface area (Å²) in [6, 6.07) is 11.5. The van der Waals surface area contributed by atoms with Gasteiger partial charge in [0.1, 0.15) is 6.10 Å². The lowest BCUT2D eigenvalue weighted by Gasteiger charge is -2.42. The summed E-state index contributed by atoms with van der Waals surface area (Å²) in [5.41, 5.74) is -0.213. The Bertz CT molecular complexity index is 1160. The van der Waals surface area contributed by atoms with Gasteiger partial charge < -0.3 is 18.9 Å². The first kappa shape index (κ1) is 29.9. The minimum Gasteiger partial charge on any atom is -0.456 e. The lowest BCUT2D eigenvalue weighted by atomic mass is 10.00. The summed E-state index contributed by atoms with van der Waals surface area (Å²) in [5, 5.41) is 22.2. The third kappa shape index (κ3) is 8.40. The predicted octanol–water partition coefficient (Wildman–Crippen LogP) is 3.91. The van der Waals surface area contributed by atoms with Crippen LogP contribution in [0.25, 0.3) is 0 Å². The minimum atomic E-state index is -1.20. The average Bonchev–Trinajstić information content (AvgIpc) is 2.85. The van der Waals surface area contributed by atoms with E-state index in [-0.39, 0.29) is 18.0 Å². The number of carbonyl (C=O) groups excluding carboxylic acids is 3. The molecular formula is C24H24N2O11S2. The first-order chi connectivity index (χ1) is 18.4. The highest BCUT2D eigenvalue weighted by atomic mass is 32.2. The maximum atomic E-state index is 12.1. The lowest BCUT2D eigenvalue weighted by molar-refractivity contribution is -0.385. The van der Waals surface area contributed by atoms with Crippen molar-refractivity contribution < 1.29 is 43.2 Å². The third-order valence-corrected chi connectivity index (χ3v) is 7.92. The molecular weight excluding hydrogens is 556 g/mol. The van der Waals surface area contributed by atoms with Crippen molar-refractivity contribution in [2.45, 2.75) is 59.6 Å². The molecule has 2 aromatic rings. The number of carbonyl (C=O) groups is 3. The summed E-state index contributed by atoms with van der Waals surface area (Å²) in [4.78, 5) is 58.0. The van der Waals surface area contributed by atoms with E-state index in [2.05, 4.69) is 0 Å². The summed E-state index contributed by atoms with van der Waals surface area (Å²) in [5.74, 6) is -2.05. The van der Waals surface area contributed by atoms with E-state index in [9.17, 15) is 34.6 Å². The largest absolute Gasteiger partial charge is 0.456 e. The molecule has 3 rings (SSSR count). The smallest absolute Gasteiger partial charge is 0.303 e. The van der Waals surface area contributed by atoms with Crippen molar-refractivity contribution in [2.75, 3.05) is 6.61 Å². The van der Waals surface area contributed by atoms with Gasteiger partial charge in [0.15, 0.2) is 18.3 Å². The number of thioether (sulfide) groups is 2. The quantitative estimate of drug-likeness (QED) is 0.0988. The van der Waals surface area contributed by atoms with E-state index in [0.29, 0.717) is 9.79 Å². The van der Waals surface area contributed by atoms with Crippen LogP contribution in [0.2, 0.25) is 0 Å². The highest BCUT2D eigenvalue weighted by Crippen LogP contribution is 2.43. The van der Waals surface area contributed by atoms with Crippen LogP contribution in [0.1, 0.15) is 20.8 Å². The molecule has 1 fully saturated rings. The Kier molecular flexibility index (Phi) is 10.3. The predicted molar refractivity (Wildman–Crippen MR) is 138 cm³/mol. The standard InChI is InChI=1S/C24H24N2O11S2/c1-13(27)35-20-12-34-23(22(37-15(3)29)21(20)36-14(2)28)24(38-18-8-4-16(5-9-18)25(30)31)39-19-10-6-17(7-11-19)26(32)33/h4-11,20-24H,12H2,1-3H3/t20-,21-,22+,23+/m1/s1. The maximum absolute atomic E-state index is 12.1. The van der Waals surface area contributed by atoms with E-state index in [0.717, 1.165) is 6.92 Å². The van der Waals surface area contributed by atoms with Crippen LogP contribution >= 0.6 is 23.5 Å². The molecule has 4 atom stereocenters. The van der Waals surface area contributed by atoms with E-state index in [4.69, 9.17) is 18.9 Å². The number of nitro benzene ring substituents is 2. The van der Waals surface area contributed by atoms with Crippen molar-refractivity contribution >= 4 is 52.8 Å². The van der Waals surface area contributed by atoms with Crippen LogP contribution in [0.4, 0.5) is 11.4 Å². The van der Waals surface area contributed by atoms with Crippen molar-refractivity contribution in [1.29, 1.82) is 0 Å². The van der Waals surface area contributed by atoms with Crippen molar-refractivity contribution in [3.05, 3.63) is 68.8 Å². The lowest BCUT2D eigenvalue weighted by Crippen LogP contribution is -2.59. The molecule has 208 valence electrons. The van der Waals surface area contributed by atoms with Gasteiger partial charge in [-0.3, -0.25) is 34.6 Å². The normalized spacial score (nSPS) is 20.6. The molecule has 0 saturated carbocycles. The first-order valence-corrected chi connectivity index (χ1v) is 13.2. The number of benzene rings is 2. The molecule has 13 nitrogen and oxygen atoms in total. The molecule has 1 aliphatic rings. The highest BCUT2D eigenvalue weighted by Gasteiger charge is 2.50. The van der Waals surface area contributed by atoms with E-state index in [1.165, 1.54) is 61.6 Å². The van der Waals surface area contributed by atoms with Gasteiger partial charge in [-0.2, -0.15) is 0 Å². The second kappa shape index (κ2) is 13.4. The van der Waals surface area contributed by atoms with Crippen molar-refractivity contribution in [3.8, 4) is 0 Å². The number of hydrogen-bond donors (Lipinski definition) is 0. The van der Waals surface area contributed by atoms with Crippen molar-refractivity contribution in [3.63, 3.8) is 0 Å². The van der Waals surface area contributed by atoms with Gasteiger partial charge >= 0.3 is 17.9 Å². The third-order valence-electron chi connectivity index (χ3n) is 5.26. The van der Waals surface area contributed by atoms with Crippen molar-refractivity contribution in [2.24, 2.45) is 0 Å². The number of hydrogen-bond acceptors (Lipinski definition) is 13. The molecule has 2 aromatic carbocycles. The van der Waals surface area contributed by atoms with Gasteiger partial charge in [-0.25, -0.2) is 0 Å². The van der Waals surface area contributed by atoms with Gasteiger partial charge in [0, 0.05) is 54.8 Å². The molecule has 1 aliphatic heterocycles. The molecule has 0 unspecified atom stereocenters. The molecule has 0 aliphatic carbocycles. The van der Waals surface area contributed by atoms with Gasteiger partial charge in [-0.05, 0) is 24.3 Å². The fourth-order valence-electron chi connectivity index (χ4n) is 3.72. The number of nitro groups is 2. The minimum absolute atomic E-state index is 0.107. The number of esters is 3. The molecule has 0 aromatic heterocycles. The van der Waals surface area contributed by atoms with E-state index in [1.54, 1.807) is 24.3 Å². The number of nitrogens with zero attached hydrogens (tertiary/aromatic N) is 2. The van der Waals surface area contributed by atoms with Crippen LogP contribution in [0, 0.1) is 20.2 Å². The number of ether oxygens (including phenoxy) is 4. The molecule has 1 heterocycles. The van der Waals surface area contributed by atoms with Crippen LogP contribution < -0.4 is 0 Å². The first-order valence-electron chi connectivity index (χ1n) is 11.4. The van der Waals surface area contributed by atoms with Crippen LogP contribution in [0.15, 0.2) is 58.3 Å². The molecule has 0 spiro atoms. The Labute approximate surface area is 230 Å². The molecule has 39 heavy (non-hydrogen) atoms. The monoisotopic (exact) mass is 580 g/mol. The number of non-ortho nitro benzene ring substituents is 2. The van der Waals surface area contributed by atoms with Gasteiger partial charge in [-0.15, -0.1) is 23.5 Å². The summed E-state index contributed by atoms with van der Waals surface area (Å²) < 4.78 is 21.7. The SMILES string of the molecule is CC(=O)O[C@H]1[C@H](OC(C)=O)[C@H](OC(C)=O)CO[C@@H]1C(Sc1ccc([N+](=O)[O-])cc1)Sc1ccc([N+](=O)[O-])cc1. The number of rotatable bonds is 10. The fourth-order valence-corrected chi connectivity index (χ4v) is 6.44. The molecule has 0 N–H and O–H groups in total. The fraction of sp³-hybridized carbons (Fsp3) is 0.375. The average molecular weight is 581 g/mol. The zero-order valence-electron chi connectivity index (χ0n) is 20.9. The molecule has 1 saturated heterocycles. The van der Waals surface area contributed by atoms with E-state index < -0.39 is 56.8 Å². The Morgan fingerprint density at radius 3 is 1.56 bits per heavy atom. The van der Waals surface area contributed by atoms with Crippen LogP contribution in [0.5, 0.6) is 0 Å². The maximum Gasteiger partial charge on any atom is 0.303 e.